The van der Waals surface area contributed by atoms with Crippen LogP contribution >= 0.6 is 0 Å². The average molecular weight is 427 g/mol. The zero-order valence-electron chi connectivity index (χ0n) is 17.6. The molecule has 2 N–H and O–H groups in total. The van der Waals surface area contributed by atoms with Crippen LogP contribution in [0.15, 0.2) is 79.3 Å². The molecule has 0 aliphatic carbocycles. The number of rotatable bonds is 7. The lowest BCUT2D eigenvalue weighted by molar-refractivity contribution is 0.102. The van der Waals surface area contributed by atoms with Gasteiger partial charge in [0.15, 0.2) is 0 Å². The second-order valence-electron chi connectivity index (χ2n) is 6.77. The molecule has 2 aromatic carbocycles. The molecule has 8 heteroatoms. The highest BCUT2D eigenvalue weighted by atomic mass is 16.5. The van der Waals surface area contributed by atoms with Crippen LogP contribution in [0.1, 0.15) is 10.4 Å². The number of hydrogen-bond donors (Lipinski definition) is 2. The highest BCUT2D eigenvalue weighted by molar-refractivity contribution is 6.05. The Labute approximate surface area is 185 Å². The molecular weight excluding hydrogens is 406 g/mol. The molecule has 160 valence electrons. The molecule has 1 amide bonds. The second kappa shape index (κ2) is 9.57. The summed E-state index contributed by atoms with van der Waals surface area (Å²) in [5.74, 6) is 1.23. The molecule has 0 aliphatic heterocycles. The molecule has 0 radical (unpaired) electrons. The maximum Gasteiger partial charge on any atom is 0.255 e. The number of aromatic nitrogens is 3. The molecule has 0 unspecified atom stereocenters. The first-order chi connectivity index (χ1) is 15.6. The fraction of sp³-hybridized carbons (Fsp3) is 0.0833. The molecule has 0 bridgehead atoms. The van der Waals surface area contributed by atoms with Gasteiger partial charge in [-0.3, -0.25) is 9.78 Å². The van der Waals surface area contributed by atoms with Crippen LogP contribution in [-0.4, -0.2) is 35.1 Å². The highest BCUT2D eigenvalue weighted by Crippen LogP contribution is 2.24. The molecular formula is C24H21N5O3. The summed E-state index contributed by atoms with van der Waals surface area (Å²) in [4.78, 5) is 25.7. The minimum Gasteiger partial charge on any atom is -0.497 e. The van der Waals surface area contributed by atoms with Gasteiger partial charge in [-0.25, -0.2) is 9.97 Å². The average Bonchev–Trinajstić information content (AvgIpc) is 2.84. The van der Waals surface area contributed by atoms with E-state index in [1.807, 2.05) is 30.3 Å². The molecule has 32 heavy (non-hydrogen) atoms. The number of ether oxygens (including phenoxy) is 2. The van der Waals surface area contributed by atoms with Crippen LogP contribution in [0.25, 0.3) is 11.3 Å². The Bertz CT molecular complexity index is 1210. The van der Waals surface area contributed by atoms with E-state index < -0.39 is 0 Å². The molecule has 0 spiro atoms. The van der Waals surface area contributed by atoms with Gasteiger partial charge in [-0.2, -0.15) is 0 Å². The van der Waals surface area contributed by atoms with Gasteiger partial charge in [0.1, 0.15) is 11.5 Å². The fourth-order valence-corrected chi connectivity index (χ4v) is 3.04. The van der Waals surface area contributed by atoms with Crippen molar-refractivity contribution in [3.8, 4) is 22.8 Å². The van der Waals surface area contributed by atoms with E-state index in [4.69, 9.17) is 9.47 Å². The SMILES string of the molecule is COc1cc(OC)cc(C(=O)Nc2cccc(Nc3nccc(-c4cccnc4)n3)c2)c1. The van der Waals surface area contributed by atoms with Crippen molar-refractivity contribution in [3.63, 3.8) is 0 Å². The Kier molecular flexibility index (Phi) is 6.22. The first-order valence-corrected chi connectivity index (χ1v) is 9.79. The van der Waals surface area contributed by atoms with E-state index in [9.17, 15) is 4.79 Å². The largest absolute Gasteiger partial charge is 0.497 e. The van der Waals surface area contributed by atoms with Crippen molar-refractivity contribution in [2.24, 2.45) is 0 Å². The molecule has 4 rings (SSSR count). The molecule has 0 saturated carbocycles. The van der Waals surface area contributed by atoms with Crippen molar-refractivity contribution in [3.05, 3.63) is 84.8 Å². The summed E-state index contributed by atoms with van der Waals surface area (Å²) >= 11 is 0. The second-order valence-corrected chi connectivity index (χ2v) is 6.77. The maximum atomic E-state index is 12.7. The van der Waals surface area contributed by atoms with Gasteiger partial charge in [0, 0.05) is 47.2 Å². The molecule has 0 fully saturated rings. The lowest BCUT2D eigenvalue weighted by Gasteiger charge is -2.11. The standard InChI is InChI=1S/C24H21N5O3/c1-31-20-11-17(12-21(14-20)32-2)23(30)27-18-6-3-7-19(13-18)28-24-26-10-8-22(29-24)16-5-4-9-25-15-16/h3-15H,1-2H3,(H,27,30)(H,26,28,29). The minimum atomic E-state index is -0.283. The monoisotopic (exact) mass is 427 g/mol. The van der Waals surface area contributed by atoms with Gasteiger partial charge < -0.3 is 20.1 Å². The van der Waals surface area contributed by atoms with E-state index in [0.717, 1.165) is 16.9 Å². The third kappa shape index (κ3) is 4.99. The number of nitrogens with zero attached hydrogens (tertiary/aromatic N) is 3. The third-order valence-electron chi connectivity index (χ3n) is 4.60. The molecule has 4 aromatic rings. The van der Waals surface area contributed by atoms with Crippen molar-refractivity contribution in [2.75, 3.05) is 24.9 Å². The van der Waals surface area contributed by atoms with Gasteiger partial charge in [-0.05, 0) is 48.5 Å². The summed E-state index contributed by atoms with van der Waals surface area (Å²) in [6, 6.07) is 17.9. The Hall–Kier alpha value is -4.46. The Balaban J connectivity index is 1.50. The van der Waals surface area contributed by atoms with Crippen molar-refractivity contribution in [1.82, 2.24) is 15.0 Å². The number of anilines is 3. The molecule has 0 atom stereocenters. The van der Waals surface area contributed by atoms with Crippen LogP contribution in [0.2, 0.25) is 0 Å². The predicted molar refractivity (Wildman–Crippen MR) is 122 cm³/mol. The molecule has 0 saturated heterocycles. The Morgan fingerprint density at radius 1 is 0.875 bits per heavy atom. The Morgan fingerprint density at radius 3 is 2.38 bits per heavy atom. The van der Waals surface area contributed by atoms with Crippen LogP contribution < -0.4 is 20.1 Å². The smallest absolute Gasteiger partial charge is 0.255 e. The van der Waals surface area contributed by atoms with Gasteiger partial charge in [0.25, 0.3) is 5.91 Å². The number of amides is 1. The number of carbonyl (C=O) groups excluding carboxylic acids is 1. The van der Waals surface area contributed by atoms with Crippen molar-refractivity contribution in [2.45, 2.75) is 0 Å². The lowest BCUT2D eigenvalue weighted by Crippen LogP contribution is -2.12. The number of nitrogens with one attached hydrogen (secondary N) is 2. The van der Waals surface area contributed by atoms with Crippen LogP contribution in [0, 0.1) is 0 Å². The number of methoxy groups -OCH3 is 2. The number of pyridine rings is 1. The topological polar surface area (TPSA) is 98.3 Å². The number of hydrogen-bond acceptors (Lipinski definition) is 7. The van der Waals surface area contributed by atoms with Gasteiger partial charge >= 0.3 is 0 Å². The fourth-order valence-electron chi connectivity index (χ4n) is 3.04. The number of benzene rings is 2. The summed E-state index contributed by atoms with van der Waals surface area (Å²) in [5.41, 5.74) is 3.42. The predicted octanol–water partition coefficient (Wildman–Crippen LogP) is 4.55. The van der Waals surface area contributed by atoms with Crippen LogP contribution in [0.4, 0.5) is 17.3 Å². The van der Waals surface area contributed by atoms with Gasteiger partial charge in [0.2, 0.25) is 5.95 Å². The van der Waals surface area contributed by atoms with Crippen LogP contribution in [0.3, 0.4) is 0 Å². The van der Waals surface area contributed by atoms with E-state index >= 15 is 0 Å². The lowest BCUT2D eigenvalue weighted by atomic mass is 10.1. The third-order valence-corrected chi connectivity index (χ3v) is 4.60. The quantitative estimate of drug-likeness (QED) is 0.446. The first-order valence-electron chi connectivity index (χ1n) is 9.79. The number of carbonyl (C=O) groups is 1. The van der Waals surface area contributed by atoms with E-state index in [0.29, 0.717) is 28.7 Å². The maximum absolute atomic E-state index is 12.7. The first kappa shape index (κ1) is 20.8. The van der Waals surface area contributed by atoms with Gasteiger partial charge in [-0.1, -0.05) is 6.07 Å². The summed E-state index contributed by atoms with van der Waals surface area (Å²) in [5, 5.41) is 6.06. The summed E-state index contributed by atoms with van der Waals surface area (Å²) in [6.07, 6.45) is 5.14. The van der Waals surface area contributed by atoms with Crippen LogP contribution in [0.5, 0.6) is 11.5 Å². The van der Waals surface area contributed by atoms with Crippen molar-refractivity contribution < 1.29 is 14.3 Å². The normalized spacial score (nSPS) is 10.3. The van der Waals surface area contributed by atoms with E-state index in [2.05, 4.69) is 25.6 Å². The van der Waals surface area contributed by atoms with Gasteiger partial charge in [0.05, 0.1) is 19.9 Å². The Morgan fingerprint density at radius 2 is 1.66 bits per heavy atom. The molecule has 2 heterocycles. The van der Waals surface area contributed by atoms with E-state index in [-0.39, 0.29) is 5.91 Å². The summed E-state index contributed by atoms with van der Waals surface area (Å²) in [7, 11) is 3.08. The van der Waals surface area contributed by atoms with Crippen molar-refractivity contribution in [1.29, 1.82) is 0 Å². The zero-order valence-corrected chi connectivity index (χ0v) is 17.6. The van der Waals surface area contributed by atoms with E-state index in [1.54, 1.807) is 48.9 Å². The summed E-state index contributed by atoms with van der Waals surface area (Å²) < 4.78 is 10.5. The zero-order chi connectivity index (χ0) is 22.3. The van der Waals surface area contributed by atoms with Crippen molar-refractivity contribution >= 4 is 23.2 Å². The van der Waals surface area contributed by atoms with Gasteiger partial charge in [-0.15, -0.1) is 0 Å². The minimum absolute atomic E-state index is 0.283. The highest BCUT2D eigenvalue weighted by Gasteiger charge is 2.11. The molecule has 0 aliphatic rings. The van der Waals surface area contributed by atoms with Crippen LogP contribution in [-0.2, 0) is 0 Å². The summed E-state index contributed by atoms with van der Waals surface area (Å²) in [6.45, 7) is 0. The van der Waals surface area contributed by atoms with E-state index in [1.165, 1.54) is 14.2 Å². The molecule has 8 nitrogen and oxygen atoms in total. The molecule has 2 aromatic heterocycles.